The van der Waals surface area contributed by atoms with Gasteiger partial charge in [0.15, 0.2) is 0 Å². The normalized spacial score (nSPS) is 12.6. The van der Waals surface area contributed by atoms with Gasteiger partial charge in [-0.3, -0.25) is 0 Å². The fourth-order valence-electron chi connectivity index (χ4n) is 2.27. The van der Waals surface area contributed by atoms with E-state index in [4.69, 9.17) is 0 Å². The predicted molar refractivity (Wildman–Crippen MR) is 87.8 cm³/mol. The second-order valence-electron chi connectivity index (χ2n) is 6.18. The average molecular weight is 312 g/mol. The lowest BCUT2D eigenvalue weighted by atomic mass is 10.1. The number of hydrogen-bond donors (Lipinski definition) is 1. The maximum absolute atomic E-state index is 12.9. The molecule has 0 amide bonds. The van der Waals surface area contributed by atoms with Crippen LogP contribution in [0.15, 0.2) is 23.1 Å². The van der Waals surface area contributed by atoms with Crippen LogP contribution in [0, 0.1) is 12.8 Å². The van der Waals surface area contributed by atoms with Crippen LogP contribution < -0.4 is 5.32 Å². The SMILES string of the molecule is CNCc1cc(S(=O)(=O)N(CC(C)C)C(C)C)ccc1C. The van der Waals surface area contributed by atoms with Crippen molar-refractivity contribution in [2.24, 2.45) is 5.92 Å². The van der Waals surface area contributed by atoms with Gasteiger partial charge in [0.1, 0.15) is 0 Å². The van der Waals surface area contributed by atoms with E-state index in [2.05, 4.69) is 5.32 Å². The van der Waals surface area contributed by atoms with Crippen molar-refractivity contribution < 1.29 is 8.42 Å². The molecular weight excluding hydrogens is 284 g/mol. The van der Waals surface area contributed by atoms with Gasteiger partial charge in [-0.1, -0.05) is 19.9 Å². The Bertz CT molecular complexity index is 566. The summed E-state index contributed by atoms with van der Waals surface area (Å²) in [6.45, 7) is 11.1. The summed E-state index contributed by atoms with van der Waals surface area (Å²) in [6, 6.07) is 5.33. The van der Waals surface area contributed by atoms with Crippen LogP contribution in [-0.2, 0) is 16.6 Å². The number of nitrogens with zero attached hydrogens (tertiary/aromatic N) is 1. The standard InChI is InChI=1S/C16H28N2O2S/c1-12(2)11-18(13(3)4)21(19,20)16-8-7-14(5)15(9-16)10-17-6/h7-9,12-13,17H,10-11H2,1-6H3. The summed E-state index contributed by atoms with van der Waals surface area (Å²) in [5.41, 5.74) is 2.12. The van der Waals surface area contributed by atoms with E-state index in [0.717, 1.165) is 11.1 Å². The highest BCUT2D eigenvalue weighted by Gasteiger charge is 2.27. The molecule has 120 valence electrons. The molecule has 1 N–H and O–H groups in total. The molecule has 4 nitrogen and oxygen atoms in total. The summed E-state index contributed by atoms with van der Waals surface area (Å²) in [5, 5.41) is 3.08. The predicted octanol–water partition coefficient (Wildman–Crippen LogP) is 2.77. The molecule has 0 atom stereocenters. The highest BCUT2D eigenvalue weighted by atomic mass is 32.2. The largest absolute Gasteiger partial charge is 0.316 e. The van der Waals surface area contributed by atoms with Gasteiger partial charge in [-0.25, -0.2) is 8.42 Å². The molecule has 0 bridgehead atoms. The summed E-state index contributed by atoms with van der Waals surface area (Å²) in [7, 11) is -1.59. The van der Waals surface area contributed by atoms with Gasteiger partial charge in [-0.2, -0.15) is 4.31 Å². The molecule has 0 aliphatic rings. The Hall–Kier alpha value is -0.910. The highest BCUT2D eigenvalue weighted by molar-refractivity contribution is 7.89. The van der Waals surface area contributed by atoms with Crippen molar-refractivity contribution in [3.63, 3.8) is 0 Å². The zero-order valence-electron chi connectivity index (χ0n) is 14.0. The van der Waals surface area contributed by atoms with E-state index in [1.54, 1.807) is 16.4 Å². The quantitative estimate of drug-likeness (QED) is 0.842. The van der Waals surface area contributed by atoms with Crippen molar-refractivity contribution in [3.05, 3.63) is 29.3 Å². The third kappa shape index (κ3) is 4.53. The van der Waals surface area contributed by atoms with Gasteiger partial charge in [0.05, 0.1) is 4.90 Å². The van der Waals surface area contributed by atoms with Gasteiger partial charge in [0, 0.05) is 19.1 Å². The minimum Gasteiger partial charge on any atom is -0.316 e. The Morgan fingerprint density at radius 2 is 1.81 bits per heavy atom. The van der Waals surface area contributed by atoms with Gasteiger partial charge < -0.3 is 5.32 Å². The smallest absolute Gasteiger partial charge is 0.243 e. The summed E-state index contributed by atoms with van der Waals surface area (Å²) in [6.07, 6.45) is 0. The van der Waals surface area contributed by atoms with Crippen LogP contribution >= 0.6 is 0 Å². The molecule has 0 aromatic heterocycles. The molecule has 21 heavy (non-hydrogen) atoms. The van der Waals surface area contributed by atoms with Gasteiger partial charge in [0.2, 0.25) is 10.0 Å². The van der Waals surface area contributed by atoms with E-state index in [1.807, 2.05) is 47.7 Å². The van der Waals surface area contributed by atoms with Crippen molar-refractivity contribution in [2.75, 3.05) is 13.6 Å². The monoisotopic (exact) mass is 312 g/mol. The Balaban J connectivity index is 3.24. The number of benzene rings is 1. The van der Waals surface area contributed by atoms with Crippen molar-refractivity contribution >= 4 is 10.0 Å². The molecule has 0 aliphatic carbocycles. The Morgan fingerprint density at radius 3 is 2.29 bits per heavy atom. The summed E-state index contributed by atoms with van der Waals surface area (Å²) >= 11 is 0. The van der Waals surface area contributed by atoms with Crippen molar-refractivity contribution in [2.45, 2.75) is 52.1 Å². The molecule has 0 fully saturated rings. The molecule has 0 radical (unpaired) electrons. The Kier molecular flexibility index (Phi) is 6.38. The molecule has 0 spiro atoms. The minimum absolute atomic E-state index is 0.0496. The van der Waals surface area contributed by atoms with E-state index < -0.39 is 10.0 Å². The second-order valence-corrected chi connectivity index (χ2v) is 8.07. The fraction of sp³-hybridized carbons (Fsp3) is 0.625. The van der Waals surface area contributed by atoms with Crippen LogP contribution in [0.5, 0.6) is 0 Å². The second kappa shape index (κ2) is 7.38. The van der Waals surface area contributed by atoms with Crippen molar-refractivity contribution in [1.29, 1.82) is 0 Å². The number of nitrogens with one attached hydrogen (secondary N) is 1. The summed E-state index contributed by atoms with van der Waals surface area (Å²) in [4.78, 5) is 0.382. The lowest BCUT2D eigenvalue weighted by Gasteiger charge is -2.27. The topological polar surface area (TPSA) is 49.4 Å². The van der Waals surface area contributed by atoms with E-state index in [1.165, 1.54) is 0 Å². The third-order valence-electron chi connectivity index (χ3n) is 3.42. The van der Waals surface area contributed by atoms with Crippen molar-refractivity contribution in [1.82, 2.24) is 9.62 Å². The van der Waals surface area contributed by atoms with Crippen LogP contribution in [0.1, 0.15) is 38.8 Å². The third-order valence-corrected chi connectivity index (χ3v) is 5.45. The Labute approximate surface area is 129 Å². The van der Waals surface area contributed by atoms with Crippen LogP contribution in [0.25, 0.3) is 0 Å². The van der Waals surface area contributed by atoms with Crippen molar-refractivity contribution in [3.8, 4) is 0 Å². The molecule has 1 aromatic rings. The van der Waals surface area contributed by atoms with E-state index in [0.29, 0.717) is 23.9 Å². The lowest BCUT2D eigenvalue weighted by molar-refractivity contribution is 0.319. The zero-order valence-corrected chi connectivity index (χ0v) is 14.8. The van der Waals surface area contributed by atoms with Gasteiger partial charge in [-0.15, -0.1) is 0 Å². The summed E-state index contributed by atoms with van der Waals surface area (Å²) < 4.78 is 27.4. The number of sulfonamides is 1. The molecule has 1 aromatic carbocycles. The first-order valence-electron chi connectivity index (χ1n) is 7.46. The van der Waals surface area contributed by atoms with Gasteiger partial charge >= 0.3 is 0 Å². The molecule has 0 unspecified atom stereocenters. The lowest BCUT2D eigenvalue weighted by Crippen LogP contribution is -2.39. The number of hydrogen-bond acceptors (Lipinski definition) is 3. The zero-order chi connectivity index (χ0) is 16.2. The number of aryl methyl sites for hydroxylation is 1. The van der Waals surface area contributed by atoms with Gasteiger partial charge in [-0.05, 0) is 57.0 Å². The molecular formula is C16H28N2O2S. The first-order valence-corrected chi connectivity index (χ1v) is 8.90. The molecule has 0 aliphatic heterocycles. The van der Waals surface area contributed by atoms with Gasteiger partial charge in [0.25, 0.3) is 0 Å². The minimum atomic E-state index is -3.45. The number of rotatable bonds is 7. The van der Waals surface area contributed by atoms with E-state index >= 15 is 0 Å². The molecule has 1 rings (SSSR count). The van der Waals surface area contributed by atoms with Crippen LogP contribution in [-0.4, -0.2) is 32.4 Å². The highest BCUT2D eigenvalue weighted by Crippen LogP contribution is 2.22. The maximum Gasteiger partial charge on any atom is 0.243 e. The molecule has 0 saturated heterocycles. The van der Waals surface area contributed by atoms with E-state index in [-0.39, 0.29) is 6.04 Å². The fourth-order valence-corrected chi connectivity index (χ4v) is 4.12. The molecule has 0 heterocycles. The first-order chi connectivity index (χ1) is 9.70. The molecule has 5 heteroatoms. The van der Waals surface area contributed by atoms with Crippen LogP contribution in [0.4, 0.5) is 0 Å². The summed E-state index contributed by atoms with van der Waals surface area (Å²) in [5.74, 6) is 0.296. The average Bonchev–Trinajstić information content (AvgIpc) is 2.38. The molecule has 0 saturated carbocycles. The Morgan fingerprint density at radius 1 is 1.19 bits per heavy atom. The van der Waals surface area contributed by atoms with Crippen LogP contribution in [0.3, 0.4) is 0 Å². The van der Waals surface area contributed by atoms with E-state index in [9.17, 15) is 8.42 Å². The maximum atomic E-state index is 12.9. The van der Waals surface area contributed by atoms with Crippen LogP contribution in [0.2, 0.25) is 0 Å². The first kappa shape index (κ1) is 18.1.